The summed E-state index contributed by atoms with van der Waals surface area (Å²) in [5.74, 6) is 0. The average Bonchev–Trinajstić information content (AvgIpc) is 2.30. The van der Waals surface area contributed by atoms with Crippen molar-refractivity contribution in [3.63, 3.8) is 0 Å². The van der Waals surface area contributed by atoms with Gasteiger partial charge in [0.2, 0.25) is 0 Å². The minimum atomic E-state index is -0.316. The molecule has 0 saturated carbocycles. The Hall–Kier alpha value is -1.03. The Balaban J connectivity index is 2.39. The van der Waals surface area contributed by atoms with Crippen LogP contribution in [0.25, 0.3) is 0 Å². The summed E-state index contributed by atoms with van der Waals surface area (Å²) in [4.78, 5) is 11.8. The molecule has 1 rings (SSSR count). The summed E-state index contributed by atoms with van der Waals surface area (Å²) < 4.78 is 0. The molecule has 0 fully saturated rings. The van der Waals surface area contributed by atoms with E-state index in [1.807, 2.05) is 13.8 Å². The van der Waals surface area contributed by atoms with Gasteiger partial charge in [0.1, 0.15) is 0 Å². The van der Waals surface area contributed by atoms with E-state index >= 15 is 0 Å². The van der Waals surface area contributed by atoms with Crippen LogP contribution in [-0.4, -0.2) is 29.3 Å². The maximum Gasteiger partial charge on any atom is 0.315 e. The molecular formula is C13H24N2O2. The van der Waals surface area contributed by atoms with Gasteiger partial charge >= 0.3 is 6.03 Å². The molecule has 0 aromatic rings. The lowest BCUT2D eigenvalue weighted by atomic mass is 9.95. The van der Waals surface area contributed by atoms with Gasteiger partial charge in [-0.2, -0.15) is 0 Å². The molecule has 0 radical (unpaired) electrons. The summed E-state index contributed by atoms with van der Waals surface area (Å²) in [6.07, 6.45) is 8.61. The van der Waals surface area contributed by atoms with Crippen molar-refractivity contribution in [3.05, 3.63) is 12.2 Å². The van der Waals surface area contributed by atoms with Crippen LogP contribution in [0.3, 0.4) is 0 Å². The molecule has 0 bridgehead atoms. The van der Waals surface area contributed by atoms with Crippen molar-refractivity contribution in [1.29, 1.82) is 0 Å². The number of amides is 2. The molecular weight excluding hydrogens is 216 g/mol. The van der Waals surface area contributed by atoms with Crippen LogP contribution in [0, 0.1) is 0 Å². The third-order valence-electron chi connectivity index (χ3n) is 3.46. The first-order valence-corrected chi connectivity index (χ1v) is 6.44. The Morgan fingerprint density at radius 2 is 2.29 bits per heavy atom. The van der Waals surface area contributed by atoms with Gasteiger partial charge in [0.05, 0.1) is 0 Å². The Morgan fingerprint density at radius 1 is 1.53 bits per heavy atom. The summed E-state index contributed by atoms with van der Waals surface area (Å²) >= 11 is 0. The van der Waals surface area contributed by atoms with E-state index in [4.69, 9.17) is 5.11 Å². The predicted octanol–water partition coefficient (Wildman–Crippen LogP) is 1.95. The van der Waals surface area contributed by atoms with Gasteiger partial charge in [0.15, 0.2) is 0 Å². The maximum atomic E-state index is 11.8. The smallest absolute Gasteiger partial charge is 0.315 e. The molecule has 4 heteroatoms. The van der Waals surface area contributed by atoms with Crippen LogP contribution in [0.1, 0.15) is 46.0 Å². The second-order valence-electron chi connectivity index (χ2n) is 4.97. The van der Waals surface area contributed by atoms with Crippen molar-refractivity contribution in [2.75, 3.05) is 6.61 Å². The van der Waals surface area contributed by atoms with Gasteiger partial charge in [-0.1, -0.05) is 19.1 Å². The second kappa shape index (κ2) is 6.64. The average molecular weight is 240 g/mol. The quantitative estimate of drug-likeness (QED) is 0.643. The SMILES string of the molecule is CCC(C)(CCO)NC(=O)NC1CC=CCC1. The van der Waals surface area contributed by atoms with E-state index in [0.717, 1.165) is 25.7 Å². The van der Waals surface area contributed by atoms with E-state index in [-0.39, 0.29) is 24.2 Å². The van der Waals surface area contributed by atoms with Gasteiger partial charge in [-0.25, -0.2) is 4.79 Å². The van der Waals surface area contributed by atoms with Gasteiger partial charge in [-0.05, 0) is 39.0 Å². The third-order valence-corrected chi connectivity index (χ3v) is 3.46. The molecule has 0 aromatic heterocycles. The van der Waals surface area contributed by atoms with Crippen LogP contribution < -0.4 is 10.6 Å². The minimum Gasteiger partial charge on any atom is -0.396 e. The highest BCUT2D eigenvalue weighted by molar-refractivity contribution is 5.75. The van der Waals surface area contributed by atoms with E-state index in [9.17, 15) is 4.79 Å². The monoisotopic (exact) mass is 240 g/mol. The van der Waals surface area contributed by atoms with E-state index in [1.165, 1.54) is 0 Å². The highest BCUT2D eigenvalue weighted by Crippen LogP contribution is 2.14. The highest BCUT2D eigenvalue weighted by atomic mass is 16.3. The maximum absolute atomic E-state index is 11.8. The number of hydrogen-bond donors (Lipinski definition) is 3. The number of carbonyl (C=O) groups is 1. The number of aliphatic hydroxyl groups is 1. The van der Waals surface area contributed by atoms with Crippen molar-refractivity contribution in [3.8, 4) is 0 Å². The molecule has 2 atom stereocenters. The van der Waals surface area contributed by atoms with E-state index in [0.29, 0.717) is 6.42 Å². The molecule has 0 spiro atoms. The van der Waals surface area contributed by atoms with Crippen molar-refractivity contribution in [2.45, 2.75) is 57.5 Å². The predicted molar refractivity (Wildman–Crippen MR) is 68.8 cm³/mol. The normalized spacial score (nSPS) is 22.9. The van der Waals surface area contributed by atoms with Crippen molar-refractivity contribution >= 4 is 6.03 Å². The zero-order chi connectivity index (χ0) is 12.7. The van der Waals surface area contributed by atoms with E-state index < -0.39 is 0 Å². The Bertz CT molecular complexity index is 279. The Morgan fingerprint density at radius 3 is 2.82 bits per heavy atom. The fraction of sp³-hybridized carbons (Fsp3) is 0.769. The van der Waals surface area contributed by atoms with Crippen molar-refractivity contribution in [1.82, 2.24) is 10.6 Å². The second-order valence-corrected chi connectivity index (χ2v) is 4.97. The molecule has 0 saturated heterocycles. The summed E-state index contributed by atoms with van der Waals surface area (Å²) in [5.41, 5.74) is -0.316. The lowest BCUT2D eigenvalue weighted by Gasteiger charge is -2.30. The first-order chi connectivity index (χ1) is 8.09. The summed E-state index contributed by atoms with van der Waals surface area (Å²) in [6, 6.07) is 0.123. The fourth-order valence-corrected chi connectivity index (χ4v) is 1.99. The van der Waals surface area contributed by atoms with Crippen LogP contribution in [0.5, 0.6) is 0 Å². The molecule has 0 aromatic carbocycles. The molecule has 2 unspecified atom stereocenters. The van der Waals surface area contributed by atoms with Crippen LogP contribution in [0.4, 0.5) is 4.79 Å². The van der Waals surface area contributed by atoms with Gasteiger partial charge in [0.25, 0.3) is 0 Å². The van der Waals surface area contributed by atoms with Gasteiger partial charge in [-0.3, -0.25) is 0 Å². The molecule has 17 heavy (non-hydrogen) atoms. The molecule has 4 nitrogen and oxygen atoms in total. The van der Waals surface area contributed by atoms with Gasteiger partial charge in [-0.15, -0.1) is 0 Å². The zero-order valence-electron chi connectivity index (χ0n) is 10.8. The largest absolute Gasteiger partial charge is 0.396 e. The zero-order valence-corrected chi connectivity index (χ0v) is 10.8. The van der Waals surface area contributed by atoms with Crippen LogP contribution in [-0.2, 0) is 0 Å². The molecule has 3 N–H and O–H groups in total. The third kappa shape index (κ3) is 4.77. The topological polar surface area (TPSA) is 61.4 Å². The molecule has 2 amide bonds. The lowest BCUT2D eigenvalue weighted by molar-refractivity contribution is 0.198. The standard InChI is InChI=1S/C13H24N2O2/c1-3-13(2,9-10-16)15-12(17)14-11-7-5-4-6-8-11/h4-5,11,16H,3,6-10H2,1-2H3,(H2,14,15,17). The number of rotatable bonds is 5. The fourth-order valence-electron chi connectivity index (χ4n) is 1.99. The van der Waals surface area contributed by atoms with Crippen molar-refractivity contribution < 1.29 is 9.90 Å². The van der Waals surface area contributed by atoms with Gasteiger partial charge in [0, 0.05) is 18.2 Å². The van der Waals surface area contributed by atoms with E-state index in [1.54, 1.807) is 0 Å². The molecule has 98 valence electrons. The summed E-state index contributed by atoms with van der Waals surface area (Å²) in [5, 5.41) is 14.9. The molecule has 0 aliphatic heterocycles. The summed E-state index contributed by atoms with van der Waals surface area (Å²) in [6.45, 7) is 4.07. The highest BCUT2D eigenvalue weighted by Gasteiger charge is 2.24. The number of urea groups is 1. The van der Waals surface area contributed by atoms with Crippen molar-refractivity contribution in [2.24, 2.45) is 0 Å². The Kier molecular flexibility index (Phi) is 5.48. The minimum absolute atomic E-state index is 0.0940. The number of allylic oxidation sites excluding steroid dienone is 1. The lowest BCUT2D eigenvalue weighted by Crippen LogP contribution is -2.52. The first kappa shape index (κ1) is 14.0. The number of hydrogen-bond acceptors (Lipinski definition) is 2. The molecule has 1 aliphatic carbocycles. The number of aliphatic hydroxyl groups excluding tert-OH is 1. The molecule has 1 aliphatic rings. The molecule has 0 heterocycles. The van der Waals surface area contributed by atoms with E-state index in [2.05, 4.69) is 22.8 Å². The number of nitrogens with one attached hydrogen (secondary N) is 2. The van der Waals surface area contributed by atoms with Crippen LogP contribution >= 0.6 is 0 Å². The summed E-state index contributed by atoms with van der Waals surface area (Å²) in [7, 11) is 0. The first-order valence-electron chi connectivity index (χ1n) is 6.44. The van der Waals surface area contributed by atoms with Gasteiger partial charge < -0.3 is 15.7 Å². The number of carbonyl (C=O) groups excluding carboxylic acids is 1. The Labute approximate surface area is 103 Å². The van der Waals surface area contributed by atoms with Crippen LogP contribution in [0.2, 0.25) is 0 Å². The van der Waals surface area contributed by atoms with Crippen LogP contribution in [0.15, 0.2) is 12.2 Å².